The molecule has 1 atom stereocenters. The maximum atomic E-state index is 14.3. The molecule has 1 unspecified atom stereocenters. The van der Waals surface area contributed by atoms with Gasteiger partial charge < -0.3 is 4.74 Å². The monoisotopic (exact) mass is 445 g/mol. The molecule has 3 aromatic rings. The molecule has 0 fully saturated rings. The van der Waals surface area contributed by atoms with Crippen LogP contribution in [0.5, 0.6) is 5.75 Å². The van der Waals surface area contributed by atoms with Crippen molar-refractivity contribution in [2.24, 2.45) is 10.4 Å². The van der Waals surface area contributed by atoms with Crippen LogP contribution in [0.1, 0.15) is 37.4 Å². The Morgan fingerprint density at radius 3 is 1.91 bits per heavy atom. The van der Waals surface area contributed by atoms with Crippen LogP contribution >= 0.6 is 0 Å². The van der Waals surface area contributed by atoms with Gasteiger partial charge >= 0.3 is 6.36 Å². The van der Waals surface area contributed by atoms with E-state index in [1.54, 1.807) is 12.1 Å². The van der Waals surface area contributed by atoms with Gasteiger partial charge in [0.05, 0.1) is 17.3 Å². The van der Waals surface area contributed by atoms with Gasteiger partial charge in [-0.3, -0.25) is 4.99 Å². The van der Waals surface area contributed by atoms with Gasteiger partial charge in [-0.05, 0) is 47.4 Å². The number of halogens is 5. The summed E-state index contributed by atoms with van der Waals surface area (Å²) in [6, 6.07) is 16.6. The van der Waals surface area contributed by atoms with Crippen LogP contribution in [0.25, 0.3) is 11.1 Å². The molecule has 7 heteroatoms. The maximum Gasteiger partial charge on any atom is 0.573 e. The number of ether oxygens (including phenoxy) is 1. The van der Waals surface area contributed by atoms with Crippen LogP contribution in [-0.2, 0) is 0 Å². The highest BCUT2D eigenvalue weighted by molar-refractivity contribution is 6.06. The fourth-order valence-corrected chi connectivity index (χ4v) is 4.02. The lowest BCUT2D eigenvalue weighted by Gasteiger charge is -2.21. The number of aliphatic imine (C=N–C) groups is 1. The summed E-state index contributed by atoms with van der Waals surface area (Å²) in [6.45, 7) is 3.83. The standard InChI is InChI=1S/C25H20F5NO/c1-24(2)14-21(31-23(24)22-19(26)4-3-5-20(22)27)17-8-6-15(7-9-17)16-10-12-18(13-11-16)32-25(28,29)30/h3-13,21H,14H2,1-2H3. The predicted octanol–water partition coefficient (Wildman–Crippen LogP) is 7.49. The Bertz CT molecular complexity index is 1130. The van der Waals surface area contributed by atoms with E-state index in [9.17, 15) is 22.0 Å². The molecular weight excluding hydrogens is 425 g/mol. The summed E-state index contributed by atoms with van der Waals surface area (Å²) in [5.74, 6) is -1.55. The Labute approximate surface area is 182 Å². The van der Waals surface area contributed by atoms with Crippen LogP contribution in [0.15, 0.2) is 71.7 Å². The number of hydrogen-bond acceptors (Lipinski definition) is 2. The first-order valence-electron chi connectivity index (χ1n) is 10.0. The van der Waals surface area contributed by atoms with Crippen molar-refractivity contribution in [1.29, 1.82) is 0 Å². The average molecular weight is 445 g/mol. The minimum atomic E-state index is -4.73. The van der Waals surface area contributed by atoms with Crippen molar-refractivity contribution in [3.05, 3.63) is 89.5 Å². The Balaban J connectivity index is 1.58. The van der Waals surface area contributed by atoms with E-state index in [4.69, 9.17) is 0 Å². The summed E-state index contributed by atoms with van der Waals surface area (Å²) in [6.07, 6.45) is -4.14. The lowest BCUT2D eigenvalue weighted by atomic mass is 9.80. The lowest BCUT2D eigenvalue weighted by molar-refractivity contribution is -0.274. The third-order valence-corrected chi connectivity index (χ3v) is 5.55. The number of rotatable bonds is 4. The van der Waals surface area contributed by atoms with E-state index in [-0.39, 0.29) is 17.4 Å². The molecule has 0 amide bonds. The third-order valence-electron chi connectivity index (χ3n) is 5.55. The first-order chi connectivity index (χ1) is 15.0. The molecule has 1 aliphatic heterocycles. The Morgan fingerprint density at radius 2 is 1.38 bits per heavy atom. The van der Waals surface area contributed by atoms with E-state index in [1.165, 1.54) is 30.3 Å². The van der Waals surface area contributed by atoms with Gasteiger partial charge in [0, 0.05) is 5.41 Å². The van der Waals surface area contributed by atoms with Crippen LogP contribution < -0.4 is 4.74 Å². The van der Waals surface area contributed by atoms with Gasteiger partial charge in [0.1, 0.15) is 17.4 Å². The average Bonchev–Trinajstić information content (AvgIpc) is 3.02. The molecule has 2 nitrogen and oxygen atoms in total. The second-order valence-electron chi connectivity index (χ2n) is 8.37. The highest BCUT2D eigenvalue weighted by Gasteiger charge is 2.39. The highest BCUT2D eigenvalue weighted by atomic mass is 19.4. The lowest BCUT2D eigenvalue weighted by Crippen LogP contribution is -2.23. The Morgan fingerprint density at radius 1 is 0.844 bits per heavy atom. The van der Waals surface area contributed by atoms with Crippen LogP contribution in [-0.4, -0.2) is 12.1 Å². The predicted molar refractivity (Wildman–Crippen MR) is 113 cm³/mol. The van der Waals surface area contributed by atoms with Crippen LogP contribution in [0.2, 0.25) is 0 Å². The van der Waals surface area contributed by atoms with Gasteiger partial charge in [-0.25, -0.2) is 8.78 Å². The quantitative estimate of drug-likeness (QED) is 0.381. The minimum Gasteiger partial charge on any atom is -0.406 e. The second kappa shape index (κ2) is 8.04. The van der Waals surface area contributed by atoms with E-state index in [0.29, 0.717) is 12.1 Å². The van der Waals surface area contributed by atoms with Crippen molar-refractivity contribution in [3.63, 3.8) is 0 Å². The van der Waals surface area contributed by atoms with Crippen molar-refractivity contribution in [3.8, 4) is 16.9 Å². The molecule has 0 saturated heterocycles. The molecule has 0 saturated carbocycles. The van der Waals surface area contributed by atoms with Crippen molar-refractivity contribution in [2.75, 3.05) is 0 Å². The van der Waals surface area contributed by atoms with Crippen molar-refractivity contribution >= 4 is 5.71 Å². The molecule has 32 heavy (non-hydrogen) atoms. The van der Waals surface area contributed by atoms with Crippen molar-refractivity contribution in [1.82, 2.24) is 0 Å². The molecule has 0 bridgehead atoms. The molecule has 3 aromatic carbocycles. The Kier molecular flexibility index (Phi) is 5.53. The second-order valence-corrected chi connectivity index (χ2v) is 8.37. The zero-order chi connectivity index (χ0) is 23.1. The number of benzene rings is 3. The summed E-state index contributed by atoms with van der Waals surface area (Å²) in [5, 5.41) is 0. The van der Waals surface area contributed by atoms with Gasteiger partial charge in [0.2, 0.25) is 0 Å². The SMILES string of the molecule is CC1(C)CC(c2ccc(-c3ccc(OC(F)(F)F)cc3)cc2)N=C1c1c(F)cccc1F. The number of alkyl halides is 3. The molecule has 0 aromatic heterocycles. The first kappa shape index (κ1) is 22.0. The zero-order valence-electron chi connectivity index (χ0n) is 17.4. The van der Waals surface area contributed by atoms with Gasteiger partial charge in [0.25, 0.3) is 0 Å². The summed E-state index contributed by atoms with van der Waals surface area (Å²) in [5.41, 5.74) is 2.25. The molecule has 4 rings (SSSR count). The van der Waals surface area contributed by atoms with Gasteiger partial charge in [-0.1, -0.05) is 56.3 Å². The van der Waals surface area contributed by atoms with Gasteiger partial charge in [-0.15, -0.1) is 13.2 Å². The highest BCUT2D eigenvalue weighted by Crippen LogP contribution is 2.44. The largest absolute Gasteiger partial charge is 0.573 e. The molecule has 1 aliphatic rings. The minimum absolute atomic E-state index is 0.0854. The summed E-state index contributed by atoms with van der Waals surface area (Å²) < 4.78 is 69.5. The van der Waals surface area contributed by atoms with E-state index < -0.39 is 23.4 Å². The molecule has 0 radical (unpaired) electrons. The normalized spacial score (nSPS) is 17.8. The molecule has 166 valence electrons. The summed E-state index contributed by atoms with van der Waals surface area (Å²) in [7, 11) is 0. The van der Waals surface area contributed by atoms with Gasteiger partial charge in [-0.2, -0.15) is 0 Å². The van der Waals surface area contributed by atoms with Crippen molar-refractivity contribution in [2.45, 2.75) is 32.7 Å². The van der Waals surface area contributed by atoms with Crippen LogP contribution in [0.4, 0.5) is 22.0 Å². The number of hydrogen-bond donors (Lipinski definition) is 0. The first-order valence-corrected chi connectivity index (χ1v) is 10.0. The van der Waals surface area contributed by atoms with Gasteiger partial charge in [0.15, 0.2) is 0 Å². The van der Waals surface area contributed by atoms with E-state index in [1.807, 2.05) is 38.1 Å². The van der Waals surface area contributed by atoms with E-state index in [0.717, 1.165) is 16.7 Å². The Hall–Kier alpha value is -3.22. The fraction of sp³-hybridized carbons (Fsp3) is 0.240. The molecule has 0 spiro atoms. The third kappa shape index (κ3) is 4.52. The van der Waals surface area contributed by atoms with E-state index >= 15 is 0 Å². The van der Waals surface area contributed by atoms with Crippen molar-refractivity contribution < 1.29 is 26.7 Å². The topological polar surface area (TPSA) is 21.6 Å². The summed E-state index contributed by atoms with van der Waals surface area (Å²) in [4.78, 5) is 4.66. The van der Waals surface area contributed by atoms with Crippen LogP contribution in [0, 0.1) is 17.0 Å². The maximum absolute atomic E-state index is 14.3. The fourth-order valence-electron chi connectivity index (χ4n) is 4.02. The van der Waals surface area contributed by atoms with Crippen LogP contribution in [0.3, 0.4) is 0 Å². The molecule has 0 N–H and O–H groups in total. The molecule has 1 heterocycles. The zero-order valence-corrected chi connectivity index (χ0v) is 17.4. The molecule has 0 aliphatic carbocycles. The smallest absolute Gasteiger partial charge is 0.406 e. The summed E-state index contributed by atoms with van der Waals surface area (Å²) >= 11 is 0. The number of nitrogens with zero attached hydrogens (tertiary/aromatic N) is 1. The molecular formula is C25H20F5NO. The van der Waals surface area contributed by atoms with E-state index in [2.05, 4.69) is 9.73 Å².